The van der Waals surface area contributed by atoms with Crippen LogP contribution in [0.15, 0.2) is 36.4 Å². The highest BCUT2D eigenvalue weighted by atomic mass is 35.5. The Bertz CT molecular complexity index is 731. The van der Waals surface area contributed by atoms with Crippen molar-refractivity contribution in [3.63, 3.8) is 0 Å². The summed E-state index contributed by atoms with van der Waals surface area (Å²) in [5.74, 6) is -2.01. The van der Waals surface area contributed by atoms with E-state index in [1.165, 1.54) is 36.4 Å². The van der Waals surface area contributed by atoms with Crippen molar-refractivity contribution in [1.82, 2.24) is 0 Å². The average Bonchev–Trinajstić information content (AvgIpc) is 2.37. The van der Waals surface area contributed by atoms with E-state index < -0.39 is 11.9 Å². The molecule has 0 aliphatic carbocycles. The number of benzene rings is 2. The molecule has 0 aromatic heterocycles. The van der Waals surface area contributed by atoms with Gasteiger partial charge in [0.05, 0.1) is 22.2 Å². The molecule has 21 heavy (non-hydrogen) atoms. The minimum absolute atomic E-state index is 0.0264. The summed E-state index contributed by atoms with van der Waals surface area (Å²) < 4.78 is 0. The van der Waals surface area contributed by atoms with Gasteiger partial charge in [-0.15, -0.1) is 0 Å². The molecule has 0 unspecified atom stereocenters. The molecule has 108 valence electrons. The number of anilines is 1. The largest absolute Gasteiger partial charge is 0.545 e. The number of hydrogen-bond acceptors (Lipinski definition) is 3. The number of amides is 1. The van der Waals surface area contributed by atoms with Crippen LogP contribution < -0.4 is 10.4 Å². The Balaban J connectivity index is 2.35. The summed E-state index contributed by atoms with van der Waals surface area (Å²) >= 11 is 17.5. The first-order valence-electron chi connectivity index (χ1n) is 5.66. The summed E-state index contributed by atoms with van der Waals surface area (Å²) in [5, 5.41) is 14.3. The van der Waals surface area contributed by atoms with Gasteiger partial charge in [-0.25, -0.2) is 0 Å². The van der Waals surface area contributed by atoms with Crippen molar-refractivity contribution in [1.29, 1.82) is 0 Å². The topological polar surface area (TPSA) is 69.2 Å². The quantitative estimate of drug-likeness (QED) is 0.930. The number of rotatable bonds is 3. The fourth-order valence-electron chi connectivity index (χ4n) is 1.66. The number of hydrogen-bond donors (Lipinski definition) is 1. The zero-order valence-electron chi connectivity index (χ0n) is 10.3. The van der Waals surface area contributed by atoms with E-state index in [4.69, 9.17) is 34.8 Å². The number of halogens is 3. The molecule has 2 aromatic rings. The third kappa shape index (κ3) is 3.67. The fraction of sp³-hybridized carbons (Fsp3) is 0. The molecule has 0 aliphatic heterocycles. The second-order valence-electron chi connectivity index (χ2n) is 4.06. The summed E-state index contributed by atoms with van der Waals surface area (Å²) in [6.45, 7) is 0. The normalized spacial score (nSPS) is 10.2. The molecule has 7 heteroatoms. The zero-order chi connectivity index (χ0) is 15.6. The summed E-state index contributed by atoms with van der Waals surface area (Å²) in [6.07, 6.45) is 0. The van der Waals surface area contributed by atoms with Gasteiger partial charge in [-0.3, -0.25) is 4.79 Å². The lowest BCUT2D eigenvalue weighted by molar-refractivity contribution is -0.254. The highest BCUT2D eigenvalue weighted by Gasteiger charge is 2.13. The molecule has 0 atom stereocenters. The zero-order valence-corrected chi connectivity index (χ0v) is 12.6. The van der Waals surface area contributed by atoms with Crippen LogP contribution in [0.1, 0.15) is 20.7 Å². The van der Waals surface area contributed by atoms with Crippen LogP contribution in [0.2, 0.25) is 15.1 Å². The van der Waals surface area contributed by atoms with Crippen LogP contribution in [0, 0.1) is 0 Å². The van der Waals surface area contributed by atoms with Gasteiger partial charge in [-0.1, -0.05) is 34.8 Å². The Hall–Kier alpha value is -1.75. The van der Waals surface area contributed by atoms with E-state index in [1.54, 1.807) is 0 Å². The first-order chi connectivity index (χ1) is 9.88. The second kappa shape index (κ2) is 6.35. The van der Waals surface area contributed by atoms with Crippen molar-refractivity contribution >= 4 is 52.4 Å². The summed E-state index contributed by atoms with van der Waals surface area (Å²) in [6, 6.07) is 8.29. The van der Waals surface area contributed by atoms with Crippen molar-refractivity contribution in [2.24, 2.45) is 0 Å². The van der Waals surface area contributed by atoms with Crippen molar-refractivity contribution in [3.05, 3.63) is 62.6 Å². The van der Waals surface area contributed by atoms with Gasteiger partial charge in [0.2, 0.25) is 0 Å². The Morgan fingerprint density at radius 2 is 1.48 bits per heavy atom. The molecule has 0 spiro atoms. The Morgan fingerprint density at radius 3 is 2.05 bits per heavy atom. The van der Waals surface area contributed by atoms with Crippen molar-refractivity contribution in [2.75, 3.05) is 5.32 Å². The number of carbonyl (C=O) groups excluding carboxylic acids is 2. The van der Waals surface area contributed by atoms with Crippen LogP contribution in [0.25, 0.3) is 0 Å². The first kappa shape index (κ1) is 15.6. The lowest BCUT2D eigenvalue weighted by atomic mass is 10.1. The van der Waals surface area contributed by atoms with Crippen molar-refractivity contribution in [2.45, 2.75) is 0 Å². The molecular formula is C14H7Cl3NO3-. The van der Waals surface area contributed by atoms with E-state index in [0.717, 1.165) is 0 Å². The lowest BCUT2D eigenvalue weighted by Crippen LogP contribution is -2.25. The highest BCUT2D eigenvalue weighted by Crippen LogP contribution is 2.24. The van der Waals surface area contributed by atoms with Gasteiger partial charge in [0.25, 0.3) is 5.91 Å². The number of nitrogens with one attached hydrogen (secondary N) is 1. The van der Waals surface area contributed by atoms with Crippen LogP contribution in [-0.2, 0) is 0 Å². The molecule has 0 saturated heterocycles. The molecule has 2 aromatic carbocycles. The standard InChI is InChI=1S/C14H8Cl3NO3/c15-7-1-3-9(11(17)5-7)13(19)18-12-6-8(16)2-4-10(12)14(20)21/h1-6H,(H,18,19)(H,20,21)/p-1. The smallest absolute Gasteiger partial charge is 0.257 e. The van der Waals surface area contributed by atoms with Gasteiger partial charge >= 0.3 is 0 Å². The third-order valence-electron chi connectivity index (χ3n) is 2.63. The monoisotopic (exact) mass is 342 g/mol. The van der Waals surface area contributed by atoms with Gasteiger partial charge in [0.15, 0.2) is 0 Å². The van der Waals surface area contributed by atoms with Crippen LogP contribution in [-0.4, -0.2) is 11.9 Å². The van der Waals surface area contributed by atoms with Gasteiger partial charge < -0.3 is 15.2 Å². The summed E-state index contributed by atoms with van der Waals surface area (Å²) in [5.41, 5.74) is 0.00157. The Morgan fingerprint density at radius 1 is 0.905 bits per heavy atom. The first-order valence-corrected chi connectivity index (χ1v) is 6.79. The molecule has 4 nitrogen and oxygen atoms in total. The average molecular weight is 344 g/mol. The molecule has 0 saturated carbocycles. The molecule has 2 rings (SSSR count). The van der Waals surface area contributed by atoms with Crippen LogP contribution in [0.5, 0.6) is 0 Å². The predicted octanol–water partition coefficient (Wildman–Crippen LogP) is 3.26. The molecule has 0 aliphatic rings. The molecule has 0 fully saturated rings. The lowest BCUT2D eigenvalue weighted by Gasteiger charge is -2.13. The maximum atomic E-state index is 12.1. The number of carboxylic acid groups (broad SMARTS) is 1. The molecule has 1 N–H and O–H groups in total. The molecular weight excluding hydrogens is 337 g/mol. The van der Waals surface area contributed by atoms with Gasteiger partial charge in [0, 0.05) is 15.6 Å². The van der Waals surface area contributed by atoms with Crippen molar-refractivity contribution < 1.29 is 14.7 Å². The maximum absolute atomic E-state index is 12.1. The number of aromatic carboxylic acids is 1. The Labute approximate surface area is 135 Å². The molecule has 0 radical (unpaired) electrons. The number of carbonyl (C=O) groups is 2. The SMILES string of the molecule is O=C(Nc1cc(Cl)ccc1C(=O)[O-])c1ccc(Cl)cc1Cl. The van der Waals surface area contributed by atoms with E-state index in [0.29, 0.717) is 5.02 Å². The third-order valence-corrected chi connectivity index (χ3v) is 3.41. The van der Waals surface area contributed by atoms with Gasteiger partial charge in [-0.2, -0.15) is 0 Å². The minimum Gasteiger partial charge on any atom is -0.545 e. The van der Waals surface area contributed by atoms with Crippen molar-refractivity contribution in [3.8, 4) is 0 Å². The van der Waals surface area contributed by atoms with Gasteiger partial charge in [-0.05, 0) is 36.4 Å². The van der Waals surface area contributed by atoms with E-state index in [2.05, 4.69) is 5.32 Å². The molecule has 0 bridgehead atoms. The van der Waals surface area contributed by atoms with E-state index in [9.17, 15) is 14.7 Å². The van der Waals surface area contributed by atoms with E-state index in [-0.39, 0.29) is 26.9 Å². The summed E-state index contributed by atoms with van der Waals surface area (Å²) in [4.78, 5) is 23.2. The van der Waals surface area contributed by atoms with E-state index >= 15 is 0 Å². The number of carboxylic acids is 1. The fourth-order valence-corrected chi connectivity index (χ4v) is 2.33. The van der Waals surface area contributed by atoms with Crippen LogP contribution in [0.3, 0.4) is 0 Å². The second-order valence-corrected chi connectivity index (χ2v) is 5.34. The molecule has 0 heterocycles. The van der Waals surface area contributed by atoms with E-state index in [1.807, 2.05) is 0 Å². The summed E-state index contributed by atoms with van der Waals surface area (Å²) in [7, 11) is 0. The predicted molar refractivity (Wildman–Crippen MR) is 80.2 cm³/mol. The highest BCUT2D eigenvalue weighted by molar-refractivity contribution is 6.37. The maximum Gasteiger partial charge on any atom is 0.257 e. The minimum atomic E-state index is -1.43. The Kier molecular flexibility index (Phi) is 4.73. The molecule has 1 amide bonds. The van der Waals surface area contributed by atoms with Crippen LogP contribution in [0.4, 0.5) is 5.69 Å². The van der Waals surface area contributed by atoms with Crippen LogP contribution >= 0.6 is 34.8 Å². The van der Waals surface area contributed by atoms with Gasteiger partial charge in [0.1, 0.15) is 0 Å².